The molecule has 1 aliphatic rings. The van der Waals surface area contributed by atoms with Gasteiger partial charge in [0.25, 0.3) is 5.91 Å². The molecule has 1 aromatic heterocycles. The Bertz CT molecular complexity index is 1100. The molecule has 1 aliphatic heterocycles. The van der Waals surface area contributed by atoms with Crippen LogP contribution in [0.15, 0.2) is 46.9 Å². The Morgan fingerprint density at radius 2 is 1.59 bits per heavy atom. The average molecular weight is 536 g/mol. The molecule has 0 radical (unpaired) electrons. The molecule has 1 fully saturated rings. The number of piperazine rings is 1. The van der Waals surface area contributed by atoms with E-state index in [2.05, 4.69) is 25.9 Å². The van der Waals surface area contributed by atoms with Gasteiger partial charge in [-0.15, -0.1) is 0 Å². The third-order valence-corrected chi connectivity index (χ3v) is 7.79. The summed E-state index contributed by atoms with van der Waals surface area (Å²) in [5.74, 6) is 0.0702. The molecule has 0 atom stereocenters. The lowest BCUT2D eigenvalue weighted by Crippen LogP contribution is -2.48. The van der Waals surface area contributed by atoms with E-state index in [4.69, 9.17) is 23.2 Å². The molecule has 2 heterocycles. The Hall–Kier alpha value is -1.86. The fraction of sp³-hybridized carbons (Fsp3) is 0.333. The van der Waals surface area contributed by atoms with Crippen molar-refractivity contribution in [1.29, 1.82) is 0 Å². The van der Waals surface area contributed by atoms with Gasteiger partial charge >= 0.3 is 0 Å². The predicted molar refractivity (Wildman–Crippen MR) is 133 cm³/mol. The van der Waals surface area contributed by atoms with Gasteiger partial charge in [0.05, 0.1) is 22.4 Å². The van der Waals surface area contributed by atoms with Crippen LogP contribution in [-0.4, -0.2) is 51.7 Å². The second kappa shape index (κ2) is 9.96. The maximum Gasteiger partial charge on any atom is 0.253 e. The van der Waals surface area contributed by atoms with Gasteiger partial charge in [-0.1, -0.05) is 41.4 Å². The maximum absolute atomic E-state index is 13.0. The van der Waals surface area contributed by atoms with Crippen molar-refractivity contribution in [2.45, 2.75) is 26.9 Å². The van der Waals surface area contributed by atoms with Crippen LogP contribution in [-0.2, 0) is 13.1 Å². The van der Waals surface area contributed by atoms with Gasteiger partial charge in [-0.2, -0.15) is 5.10 Å². The first-order valence-electron chi connectivity index (χ1n) is 10.6. The standard InChI is InChI=1S/C24H25BrCl2N4O/c1-16-23(25)17(2)31(28-16)14-18-6-8-19(9-7-18)24(32)30-12-10-29(11-13-30)15-20-21(26)4-3-5-22(20)27/h3-9H,10-15H2,1-2H3. The molecule has 3 aromatic rings. The minimum atomic E-state index is 0.0702. The second-order valence-corrected chi connectivity index (χ2v) is 9.72. The van der Waals surface area contributed by atoms with Gasteiger partial charge in [-0.05, 0) is 59.6 Å². The van der Waals surface area contributed by atoms with E-state index in [0.29, 0.717) is 41.8 Å². The van der Waals surface area contributed by atoms with Crippen molar-refractivity contribution in [1.82, 2.24) is 19.6 Å². The summed E-state index contributed by atoms with van der Waals surface area (Å²) in [5, 5.41) is 5.93. The number of nitrogens with zero attached hydrogens (tertiary/aromatic N) is 4. The Morgan fingerprint density at radius 3 is 2.16 bits per heavy atom. The van der Waals surface area contributed by atoms with E-state index in [9.17, 15) is 4.79 Å². The smallest absolute Gasteiger partial charge is 0.253 e. The molecule has 0 unspecified atom stereocenters. The van der Waals surface area contributed by atoms with Gasteiger partial charge in [-0.3, -0.25) is 14.4 Å². The van der Waals surface area contributed by atoms with Crippen molar-refractivity contribution < 1.29 is 4.79 Å². The minimum absolute atomic E-state index is 0.0702. The molecule has 1 saturated heterocycles. The number of hydrogen-bond donors (Lipinski definition) is 0. The van der Waals surface area contributed by atoms with Gasteiger partial charge in [-0.25, -0.2) is 0 Å². The van der Waals surface area contributed by atoms with Crippen molar-refractivity contribution in [2.75, 3.05) is 26.2 Å². The normalized spacial score (nSPS) is 14.7. The number of amides is 1. The lowest BCUT2D eigenvalue weighted by molar-refractivity contribution is 0.0628. The number of carbonyl (C=O) groups excluding carboxylic acids is 1. The van der Waals surface area contributed by atoms with Crippen LogP contribution in [0, 0.1) is 13.8 Å². The first-order valence-corrected chi connectivity index (χ1v) is 12.1. The second-order valence-electron chi connectivity index (χ2n) is 8.11. The van der Waals surface area contributed by atoms with Gasteiger partial charge in [0.1, 0.15) is 0 Å². The van der Waals surface area contributed by atoms with Gasteiger partial charge < -0.3 is 4.90 Å². The zero-order chi connectivity index (χ0) is 22.8. The number of carbonyl (C=O) groups is 1. The summed E-state index contributed by atoms with van der Waals surface area (Å²) in [6.45, 7) is 8.34. The van der Waals surface area contributed by atoms with Gasteiger partial charge in [0, 0.05) is 53.9 Å². The number of aryl methyl sites for hydroxylation is 1. The van der Waals surface area contributed by atoms with Crippen LogP contribution < -0.4 is 0 Å². The molecule has 0 N–H and O–H groups in total. The van der Waals surface area contributed by atoms with E-state index < -0.39 is 0 Å². The molecule has 1 amide bonds. The molecule has 168 valence electrons. The number of aromatic nitrogens is 2. The number of hydrogen-bond acceptors (Lipinski definition) is 3. The minimum Gasteiger partial charge on any atom is -0.336 e. The molecule has 0 bridgehead atoms. The Labute approximate surface area is 207 Å². The zero-order valence-corrected chi connectivity index (χ0v) is 21.2. The summed E-state index contributed by atoms with van der Waals surface area (Å²) in [4.78, 5) is 17.2. The molecule has 0 saturated carbocycles. The molecule has 4 rings (SSSR count). The summed E-state index contributed by atoms with van der Waals surface area (Å²) in [7, 11) is 0. The first kappa shape index (κ1) is 23.3. The summed E-state index contributed by atoms with van der Waals surface area (Å²) >= 11 is 16.2. The van der Waals surface area contributed by atoms with E-state index in [1.165, 1.54) is 0 Å². The van der Waals surface area contributed by atoms with Crippen molar-refractivity contribution in [2.24, 2.45) is 0 Å². The molecule has 2 aromatic carbocycles. The number of benzene rings is 2. The van der Waals surface area contributed by atoms with Crippen molar-refractivity contribution in [3.8, 4) is 0 Å². The van der Waals surface area contributed by atoms with Crippen LogP contribution in [0.2, 0.25) is 10.0 Å². The highest BCUT2D eigenvalue weighted by Crippen LogP contribution is 2.26. The Kier molecular flexibility index (Phi) is 7.25. The van der Waals surface area contributed by atoms with Crippen LogP contribution in [0.1, 0.15) is 32.9 Å². The molecule has 5 nitrogen and oxygen atoms in total. The Balaban J connectivity index is 1.34. The molecular weight excluding hydrogens is 511 g/mol. The lowest BCUT2D eigenvalue weighted by Gasteiger charge is -2.35. The quantitative estimate of drug-likeness (QED) is 0.428. The first-order chi connectivity index (χ1) is 15.3. The summed E-state index contributed by atoms with van der Waals surface area (Å²) in [5.41, 5.74) is 4.84. The Morgan fingerprint density at radius 1 is 0.969 bits per heavy atom. The van der Waals surface area contributed by atoms with Crippen LogP contribution >= 0.6 is 39.1 Å². The van der Waals surface area contributed by atoms with Crippen molar-refractivity contribution >= 4 is 45.0 Å². The number of halogens is 3. The third-order valence-electron chi connectivity index (χ3n) is 5.93. The van der Waals surface area contributed by atoms with Crippen LogP contribution in [0.4, 0.5) is 0 Å². The van der Waals surface area contributed by atoms with Crippen molar-refractivity contribution in [3.05, 3.63) is 85.1 Å². The molecule has 8 heteroatoms. The predicted octanol–water partition coefficient (Wildman–Crippen LogP) is 5.58. The molecule has 0 aliphatic carbocycles. The van der Waals surface area contributed by atoms with E-state index >= 15 is 0 Å². The summed E-state index contributed by atoms with van der Waals surface area (Å²) in [6, 6.07) is 13.4. The largest absolute Gasteiger partial charge is 0.336 e. The van der Waals surface area contributed by atoms with E-state index in [1.807, 2.05) is 65.9 Å². The van der Waals surface area contributed by atoms with Crippen LogP contribution in [0.3, 0.4) is 0 Å². The van der Waals surface area contributed by atoms with Gasteiger partial charge in [0.2, 0.25) is 0 Å². The average Bonchev–Trinajstić information content (AvgIpc) is 3.03. The molecule has 0 spiro atoms. The highest BCUT2D eigenvalue weighted by molar-refractivity contribution is 9.10. The molecule has 32 heavy (non-hydrogen) atoms. The highest BCUT2D eigenvalue weighted by Gasteiger charge is 2.23. The third kappa shape index (κ3) is 5.04. The summed E-state index contributed by atoms with van der Waals surface area (Å²) in [6.07, 6.45) is 0. The number of rotatable bonds is 5. The van der Waals surface area contributed by atoms with Crippen LogP contribution in [0.5, 0.6) is 0 Å². The lowest BCUT2D eigenvalue weighted by atomic mass is 10.1. The monoisotopic (exact) mass is 534 g/mol. The van der Waals surface area contributed by atoms with Crippen molar-refractivity contribution in [3.63, 3.8) is 0 Å². The fourth-order valence-electron chi connectivity index (χ4n) is 3.95. The molecular formula is C24H25BrCl2N4O. The SMILES string of the molecule is Cc1nn(Cc2ccc(C(=O)N3CCN(Cc4c(Cl)cccc4Cl)CC3)cc2)c(C)c1Br. The van der Waals surface area contributed by atoms with E-state index in [1.54, 1.807) is 0 Å². The highest BCUT2D eigenvalue weighted by atomic mass is 79.9. The van der Waals surface area contributed by atoms with E-state index in [-0.39, 0.29) is 5.91 Å². The maximum atomic E-state index is 13.0. The topological polar surface area (TPSA) is 41.4 Å². The zero-order valence-electron chi connectivity index (χ0n) is 18.1. The summed E-state index contributed by atoms with van der Waals surface area (Å²) < 4.78 is 3.01. The van der Waals surface area contributed by atoms with Gasteiger partial charge in [0.15, 0.2) is 0 Å². The van der Waals surface area contributed by atoms with E-state index in [0.717, 1.165) is 40.1 Å². The fourth-order valence-corrected chi connectivity index (χ4v) is 4.75. The van der Waals surface area contributed by atoms with Crippen LogP contribution in [0.25, 0.3) is 0 Å².